The number of rotatable bonds is 2. The van der Waals surface area contributed by atoms with Gasteiger partial charge in [-0.05, 0) is 12.5 Å². The van der Waals surface area contributed by atoms with Crippen LogP contribution >= 0.6 is 11.6 Å². The molecule has 1 aromatic rings. The van der Waals surface area contributed by atoms with Gasteiger partial charge in [0.1, 0.15) is 0 Å². The second kappa shape index (κ2) is 3.54. The second-order valence-corrected chi connectivity index (χ2v) is 2.63. The minimum atomic E-state index is -0.443. The van der Waals surface area contributed by atoms with Gasteiger partial charge in [0.05, 0.1) is 15.5 Å². The number of hydrogen-bond acceptors (Lipinski definition) is 2. The summed E-state index contributed by atoms with van der Waals surface area (Å²) in [4.78, 5) is 10.0. The van der Waals surface area contributed by atoms with Gasteiger partial charge >= 0.3 is 0 Å². The van der Waals surface area contributed by atoms with E-state index in [1.165, 1.54) is 6.07 Å². The van der Waals surface area contributed by atoms with Crippen molar-refractivity contribution in [2.75, 3.05) is 0 Å². The Morgan fingerprint density at radius 1 is 1.58 bits per heavy atom. The molecule has 1 rings (SSSR count). The van der Waals surface area contributed by atoms with Crippen molar-refractivity contribution in [3.8, 4) is 0 Å². The maximum Gasteiger partial charge on any atom is 0.274 e. The first-order chi connectivity index (χ1) is 5.66. The van der Waals surface area contributed by atoms with Gasteiger partial charge in [0.15, 0.2) is 0 Å². The topological polar surface area (TPSA) is 43.1 Å². The Morgan fingerprint density at radius 2 is 2.25 bits per heavy atom. The van der Waals surface area contributed by atoms with Crippen LogP contribution in [0.2, 0.25) is 5.02 Å². The lowest BCUT2D eigenvalue weighted by Crippen LogP contribution is -1.93. The Balaban J connectivity index is 3.27. The average molecular weight is 185 g/mol. The summed E-state index contributed by atoms with van der Waals surface area (Å²) >= 11 is 5.74. The largest absolute Gasteiger partial charge is 0.274 e. The molecule has 3 nitrogen and oxygen atoms in total. The SMILES string of the molecule is C[CH]c1c(Cl)cccc1[N+](=O)[O-]. The first-order valence-corrected chi connectivity index (χ1v) is 3.77. The predicted octanol–water partition coefficient (Wildman–Crippen LogP) is 2.82. The minimum absolute atomic E-state index is 0.0463. The molecule has 0 aliphatic heterocycles. The first kappa shape index (κ1) is 9.00. The Labute approximate surface area is 75.1 Å². The molecule has 0 amide bonds. The van der Waals surface area contributed by atoms with Crippen LogP contribution in [0.1, 0.15) is 12.5 Å². The van der Waals surface area contributed by atoms with E-state index in [4.69, 9.17) is 11.6 Å². The smallest absolute Gasteiger partial charge is 0.258 e. The molecule has 0 fully saturated rings. The summed E-state index contributed by atoms with van der Waals surface area (Å²) in [7, 11) is 0. The molecule has 0 bridgehead atoms. The molecule has 0 N–H and O–H groups in total. The Morgan fingerprint density at radius 3 is 2.67 bits per heavy atom. The van der Waals surface area contributed by atoms with Gasteiger partial charge in [-0.2, -0.15) is 0 Å². The molecule has 12 heavy (non-hydrogen) atoms. The third-order valence-electron chi connectivity index (χ3n) is 1.52. The lowest BCUT2D eigenvalue weighted by atomic mass is 10.1. The van der Waals surface area contributed by atoms with Crippen molar-refractivity contribution in [1.29, 1.82) is 0 Å². The maximum absolute atomic E-state index is 10.5. The molecule has 1 aromatic carbocycles. The van der Waals surface area contributed by atoms with E-state index in [1.807, 2.05) is 0 Å². The van der Waals surface area contributed by atoms with E-state index in [9.17, 15) is 10.1 Å². The van der Waals surface area contributed by atoms with Gasteiger partial charge in [-0.1, -0.05) is 24.6 Å². The predicted molar refractivity (Wildman–Crippen MR) is 47.2 cm³/mol. The molecule has 0 heterocycles. The van der Waals surface area contributed by atoms with Crippen molar-refractivity contribution in [3.05, 3.63) is 45.3 Å². The van der Waals surface area contributed by atoms with E-state index in [0.29, 0.717) is 10.6 Å². The third kappa shape index (κ3) is 1.56. The molecule has 0 atom stereocenters. The molecule has 0 saturated carbocycles. The van der Waals surface area contributed by atoms with Gasteiger partial charge in [0.25, 0.3) is 5.69 Å². The van der Waals surface area contributed by atoms with Crippen LogP contribution in [-0.4, -0.2) is 4.92 Å². The molecule has 0 unspecified atom stereocenters. The zero-order valence-electron chi connectivity index (χ0n) is 6.45. The van der Waals surface area contributed by atoms with Gasteiger partial charge in [-0.25, -0.2) is 0 Å². The fourth-order valence-corrected chi connectivity index (χ4v) is 1.25. The Hall–Kier alpha value is -1.09. The van der Waals surface area contributed by atoms with Crippen LogP contribution in [-0.2, 0) is 0 Å². The average Bonchev–Trinajstić information content (AvgIpc) is 2.03. The summed E-state index contributed by atoms with van der Waals surface area (Å²) in [6.07, 6.45) is 1.63. The fourth-order valence-electron chi connectivity index (χ4n) is 0.971. The molecule has 0 spiro atoms. The van der Waals surface area contributed by atoms with Crippen LogP contribution < -0.4 is 0 Å². The highest BCUT2D eigenvalue weighted by Crippen LogP contribution is 2.26. The van der Waals surface area contributed by atoms with E-state index in [0.717, 1.165) is 0 Å². The van der Waals surface area contributed by atoms with Crippen LogP contribution in [0.5, 0.6) is 0 Å². The van der Waals surface area contributed by atoms with Crippen LogP contribution in [0.25, 0.3) is 0 Å². The highest BCUT2D eigenvalue weighted by Gasteiger charge is 2.13. The van der Waals surface area contributed by atoms with E-state index >= 15 is 0 Å². The molecule has 4 heteroatoms. The van der Waals surface area contributed by atoms with Crippen LogP contribution in [0.15, 0.2) is 18.2 Å². The number of nitro groups is 1. The maximum atomic E-state index is 10.5. The number of benzene rings is 1. The van der Waals surface area contributed by atoms with Crippen molar-refractivity contribution in [2.45, 2.75) is 6.92 Å². The molecule has 0 aromatic heterocycles. The number of halogens is 1. The molecular weight excluding hydrogens is 178 g/mol. The van der Waals surface area contributed by atoms with E-state index < -0.39 is 4.92 Å². The first-order valence-electron chi connectivity index (χ1n) is 3.39. The number of nitrogens with zero attached hydrogens (tertiary/aromatic N) is 1. The van der Waals surface area contributed by atoms with Gasteiger partial charge in [-0.3, -0.25) is 10.1 Å². The van der Waals surface area contributed by atoms with Gasteiger partial charge in [0.2, 0.25) is 0 Å². The zero-order chi connectivity index (χ0) is 9.14. The van der Waals surface area contributed by atoms with Crippen molar-refractivity contribution in [1.82, 2.24) is 0 Å². The lowest BCUT2D eigenvalue weighted by molar-refractivity contribution is -0.385. The summed E-state index contributed by atoms with van der Waals surface area (Å²) in [5, 5.41) is 10.9. The third-order valence-corrected chi connectivity index (χ3v) is 1.84. The van der Waals surface area contributed by atoms with Crippen LogP contribution in [0, 0.1) is 16.5 Å². The molecule has 63 valence electrons. The van der Waals surface area contributed by atoms with Crippen molar-refractivity contribution >= 4 is 17.3 Å². The number of hydrogen-bond donors (Lipinski definition) is 0. The number of nitro benzene ring substituents is 1. The van der Waals surface area contributed by atoms with Gasteiger partial charge in [-0.15, -0.1) is 0 Å². The summed E-state index contributed by atoms with van der Waals surface area (Å²) in [5.41, 5.74) is 0.522. The van der Waals surface area contributed by atoms with Crippen LogP contribution in [0.4, 0.5) is 5.69 Å². The van der Waals surface area contributed by atoms with Crippen LogP contribution in [0.3, 0.4) is 0 Å². The molecule has 0 aliphatic carbocycles. The van der Waals surface area contributed by atoms with E-state index in [1.54, 1.807) is 25.5 Å². The summed E-state index contributed by atoms with van der Waals surface area (Å²) in [6.45, 7) is 1.72. The standard InChI is InChI=1S/C8H7ClNO2/c1-2-6-7(9)4-3-5-8(6)10(11)12/h2-5H,1H3. The zero-order valence-corrected chi connectivity index (χ0v) is 7.21. The summed E-state index contributed by atoms with van der Waals surface area (Å²) < 4.78 is 0. The second-order valence-electron chi connectivity index (χ2n) is 2.22. The lowest BCUT2D eigenvalue weighted by Gasteiger charge is -2.00. The summed E-state index contributed by atoms with van der Waals surface area (Å²) in [6, 6.07) is 4.62. The highest BCUT2D eigenvalue weighted by molar-refractivity contribution is 6.31. The molecular formula is C8H7ClNO2. The Kier molecular flexibility index (Phi) is 2.65. The van der Waals surface area contributed by atoms with E-state index in [-0.39, 0.29) is 5.69 Å². The quantitative estimate of drug-likeness (QED) is 0.524. The highest BCUT2D eigenvalue weighted by atomic mass is 35.5. The van der Waals surface area contributed by atoms with E-state index in [2.05, 4.69) is 0 Å². The summed E-state index contributed by atoms with van der Waals surface area (Å²) in [5.74, 6) is 0. The monoisotopic (exact) mass is 184 g/mol. The van der Waals surface area contributed by atoms with Crippen molar-refractivity contribution < 1.29 is 4.92 Å². The molecule has 0 aliphatic rings. The fraction of sp³-hybridized carbons (Fsp3) is 0.125. The minimum Gasteiger partial charge on any atom is -0.258 e. The van der Waals surface area contributed by atoms with Crippen molar-refractivity contribution in [2.24, 2.45) is 0 Å². The normalized spacial score (nSPS) is 9.83. The van der Waals surface area contributed by atoms with Gasteiger partial charge in [0, 0.05) is 6.07 Å². The Bertz CT molecular complexity index is 312. The molecule has 1 radical (unpaired) electrons. The molecule has 0 saturated heterocycles. The van der Waals surface area contributed by atoms with Gasteiger partial charge < -0.3 is 0 Å². The van der Waals surface area contributed by atoms with Crippen molar-refractivity contribution in [3.63, 3.8) is 0 Å².